The van der Waals surface area contributed by atoms with E-state index >= 15 is 0 Å². The molecule has 3 rings (SSSR count). The Bertz CT molecular complexity index is 856. The van der Waals surface area contributed by atoms with E-state index in [1.54, 1.807) is 24.3 Å². The molecular formula is C18H17ClN2O3. The van der Waals surface area contributed by atoms with Crippen molar-refractivity contribution in [2.75, 3.05) is 0 Å². The van der Waals surface area contributed by atoms with Gasteiger partial charge in [0.05, 0.1) is 0 Å². The molecule has 0 aliphatic heterocycles. The number of halogens is 1. The van der Waals surface area contributed by atoms with Gasteiger partial charge in [-0.25, -0.2) is 0 Å². The maximum Gasteiger partial charge on any atom is 0.261 e. The Morgan fingerprint density at radius 3 is 2.67 bits per heavy atom. The Balaban J connectivity index is 1.80. The first-order chi connectivity index (χ1) is 11.4. The summed E-state index contributed by atoms with van der Waals surface area (Å²) in [6, 6.07) is 8.47. The molecule has 124 valence electrons. The van der Waals surface area contributed by atoms with E-state index in [1.165, 1.54) is 6.07 Å². The van der Waals surface area contributed by atoms with Gasteiger partial charge < -0.3 is 10.3 Å². The topological polar surface area (TPSA) is 79.0 Å². The first kappa shape index (κ1) is 16.5. The number of hydrogen-bond donors (Lipinski definition) is 2. The van der Waals surface area contributed by atoms with Crippen LogP contribution in [0.5, 0.6) is 0 Å². The second-order valence-electron chi connectivity index (χ2n) is 6.15. The van der Waals surface area contributed by atoms with Gasteiger partial charge in [-0.3, -0.25) is 14.4 Å². The highest BCUT2D eigenvalue weighted by molar-refractivity contribution is 6.30. The summed E-state index contributed by atoms with van der Waals surface area (Å²) in [6.07, 6.45) is 1.08. The van der Waals surface area contributed by atoms with Gasteiger partial charge in [0.2, 0.25) is 0 Å². The highest BCUT2D eigenvalue weighted by atomic mass is 35.5. The zero-order valence-electron chi connectivity index (χ0n) is 13.2. The lowest BCUT2D eigenvalue weighted by Gasteiger charge is -2.20. The molecular weight excluding hydrogens is 328 g/mol. The minimum absolute atomic E-state index is 0.0354. The van der Waals surface area contributed by atoms with E-state index in [0.29, 0.717) is 29.1 Å². The van der Waals surface area contributed by atoms with Crippen LogP contribution in [-0.4, -0.2) is 16.7 Å². The summed E-state index contributed by atoms with van der Waals surface area (Å²) in [5.41, 5.74) is 1.43. The summed E-state index contributed by atoms with van der Waals surface area (Å²) in [7, 11) is 0. The van der Waals surface area contributed by atoms with Crippen molar-refractivity contribution in [2.45, 2.75) is 26.3 Å². The molecule has 1 unspecified atom stereocenters. The molecule has 1 aromatic carbocycles. The van der Waals surface area contributed by atoms with Crippen molar-refractivity contribution in [1.82, 2.24) is 10.3 Å². The Morgan fingerprint density at radius 1 is 1.25 bits per heavy atom. The van der Waals surface area contributed by atoms with Gasteiger partial charge in [0.15, 0.2) is 5.78 Å². The second-order valence-corrected chi connectivity index (χ2v) is 6.59. The maximum absolute atomic E-state index is 12.3. The van der Waals surface area contributed by atoms with E-state index in [4.69, 9.17) is 11.6 Å². The van der Waals surface area contributed by atoms with Gasteiger partial charge in [-0.05, 0) is 36.1 Å². The highest BCUT2D eigenvalue weighted by Gasteiger charge is 2.25. The Morgan fingerprint density at radius 2 is 1.96 bits per heavy atom. The number of nitrogens with one attached hydrogen (secondary N) is 2. The molecule has 0 saturated carbocycles. The summed E-state index contributed by atoms with van der Waals surface area (Å²) in [4.78, 5) is 39.3. The van der Waals surface area contributed by atoms with Crippen molar-refractivity contribution < 1.29 is 9.59 Å². The first-order valence-electron chi connectivity index (χ1n) is 7.76. The van der Waals surface area contributed by atoms with Crippen molar-refractivity contribution in [3.8, 4) is 0 Å². The van der Waals surface area contributed by atoms with Crippen LogP contribution < -0.4 is 10.9 Å². The minimum atomic E-state index is -0.500. The first-order valence-corrected chi connectivity index (χ1v) is 8.14. The van der Waals surface area contributed by atoms with E-state index in [2.05, 4.69) is 10.3 Å². The number of benzene rings is 1. The predicted molar refractivity (Wildman–Crippen MR) is 91.5 cm³/mol. The van der Waals surface area contributed by atoms with Gasteiger partial charge in [0.1, 0.15) is 5.56 Å². The van der Waals surface area contributed by atoms with E-state index < -0.39 is 11.5 Å². The number of H-pyrrole nitrogens is 1. The molecule has 1 amide bonds. The van der Waals surface area contributed by atoms with Crippen LogP contribution in [0.1, 0.15) is 45.3 Å². The molecule has 2 aromatic rings. The zero-order chi connectivity index (χ0) is 17.3. The maximum atomic E-state index is 12.3. The third-order valence-corrected chi connectivity index (χ3v) is 4.37. The predicted octanol–water partition coefficient (Wildman–Crippen LogP) is 2.72. The van der Waals surface area contributed by atoms with Crippen LogP contribution >= 0.6 is 11.6 Å². The molecule has 1 aromatic heterocycles. The number of Topliss-reactive ketones (excluding diaryl/α,β-unsaturated/α-hetero) is 1. The largest absolute Gasteiger partial charge is 0.348 e. The van der Waals surface area contributed by atoms with E-state index in [9.17, 15) is 14.4 Å². The number of fused-ring (bicyclic) bond motifs is 1. The number of rotatable bonds is 3. The average Bonchev–Trinajstić information content (AvgIpc) is 2.53. The minimum Gasteiger partial charge on any atom is -0.348 e. The molecule has 2 N–H and O–H groups in total. The molecule has 1 aliphatic carbocycles. The lowest BCUT2D eigenvalue weighted by molar-refractivity contribution is 0.0949. The molecule has 1 atom stereocenters. The number of ketones is 1. The molecule has 0 spiro atoms. The quantitative estimate of drug-likeness (QED) is 0.898. The smallest absolute Gasteiger partial charge is 0.261 e. The van der Waals surface area contributed by atoms with Crippen LogP contribution in [0.2, 0.25) is 5.02 Å². The van der Waals surface area contributed by atoms with Crippen LogP contribution in [0.4, 0.5) is 0 Å². The number of pyridine rings is 1. The fourth-order valence-electron chi connectivity index (χ4n) is 2.87. The van der Waals surface area contributed by atoms with E-state index in [0.717, 1.165) is 5.56 Å². The molecule has 5 nitrogen and oxygen atoms in total. The van der Waals surface area contributed by atoms with Gasteiger partial charge in [-0.1, -0.05) is 30.7 Å². The number of carbonyl (C=O) groups is 2. The number of aromatic amines is 1. The molecule has 24 heavy (non-hydrogen) atoms. The van der Waals surface area contributed by atoms with Crippen molar-refractivity contribution in [3.63, 3.8) is 0 Å². The van der Waals surface area contributed by atoms with Gasteiger partial charge in [-0.2, -0.15) is 0 Å². The summed E-state index contributed by atoms with van der Waals surface area (Å²) in [5, 5.41) is 3.31. The Labute approximate surface area is 144 Å². The van der Waals surface area contributed by atoms with Gasteiger partial charge in [0, 0.05) is 29.2 Å². The summed E-state index contributed by atoms with van der Waals surface area (Å²) < 4.78 is 0. The lowest BCUT2D eigenvalue weighted by Crippen LogP contribution is -2.32. The van der Waals surface area contributed by atoms with Gasteiger partial charge >= 0.3 is 0 Å². The fraction of sp³-hybridized carbons (Fsp3) is 0.278. The van der Waals surface area contributed by atoms with Crippen molar-refractivity contribution in [3.05, 3.63) is 68.1 Å². The van der Waals surface area contributed by atoms with Crippen LogP contribution in [-0.2, 0) is 13.0 Å². The zero-order valence-corrected chi connectivity index (χ0v) is 13.9. The third kappa shape index (κ3) is 3.41. The van der Waals surface area contributed by atoms with Crippen molar-refractivity contribution in [1.29, 1.82) is 0 Å². The SMILES string of the molecule is CC1CC(=O)c2cc(C(=O)NCc3ccc(Cl)cc3)c(=O)[nH]c2C1. The monoisotopic (exact) mass is 344 g/mol. The van der Waals surface area contributed by atoms with Crippen LogP contribution in [0.15, 0.2) is 35.1 Å². The van der Waals surface area contributed by atoms with Crippen LogP contribution in [0, 0.1) is 5.92 Å². The Hall–Kier alpha value is -2.40. The second kappa shape index (κ2) is 6.61. The standard InChI is InChI=1S/C18H17ClN2O3/c1-10-6-15-13(16(22)7-10)8-14(18(24)21-15)17(23)20-9-11-2-4-12(19)5-3-11/h2-5,8,10H,6-7,9H2,1H3,(H,20,23)(H,21,24). The molecule has 0 bridgehead atoms. The lowest BCUT2D eigenvalue weighted by atomic mass is 9.86. The molecule has 0 saturated heterocycles. The molecule has 0 radical (unpaired) electrons. The van der Waals surface area contributed by atoms with Gasteiger partial charge in [-0.15, -0.1) is 0 Å². The number of aromatic nitrogens is 1. The van der Waals surface area contributed by atoms with Gasteiger partial charge in [0.25, 0.3) is 11.5 Å². The van der Waals surface area contributed by atoms with Crippen molar-refractivity contribution in [2.24, 2.45) is 5.92 Å². The van der Waals surface area contributed by atoms with Crippen LogP contribution in [0.3, 0.4) is 0 Å². The molecule has 0 fully saturated rings. The number of carbonyl (C=O) groups excluding carboxylic acids is 2. The summed E-state index contributed by atoms with van der Waals surface area (Å²) in [6.45, 7) is 2.24. The third-order valence-electron chi connectivity index (χ3n) is 4.12. The fourth-order valence-corrected chi connectivity index (χ4v) is 3.00. The van der Waals surface area contributed by atoms with Crippen LogP contribution in [0.25, 0.3) is 0 Å². The summed E-state index contributed by atoms with van der Waals surface area (Å²) in [5.74, 6) is -0.336. The normalized spacial score (nSPS) is 16.6. The Kier molecular flexibility index (Phi) is 4.53. The molecule has 1 aliphatic rings. The molecule has 6 heteroatoms. The molecule has 1 heterocycles. The van der Waals surface area contributed by atoms with E-state index in [1.807, 2.05) is 6.92 Å². The number of amides is 1. The number of hydrogen-bond acceptors (Lipinski definition) is 3. The summed E-state index contributed by atoms with van der Waals surface area (Å²) >= 11 is 5.82. The van der Waals surface area contributed by atoms with E-state index in [-0.39, 0.29) is 23.8 Å². The average molecular weight is 345 g/mol. The highest BCUT2D eigenvalue weighted by Crippen LogP contribution is 2.23. The van der Waals surface area contributed by atoms with Crippen molar-refractivity contribution >= 4 is 23.3 Å².